The first-order valence-electron chi connectivity index (χ1n) is 8.64. The van der Waals surface area contributed by atoms with Gasteiger partial charge in [-0.05, 0) is 41.5 Å². The number of carbonyl (C=O) groups is 2. The summed E-state index contributed by atoms with van der Waals surface area (Å²) in [5.41, 5.74) is 1.22. The van der Waals surface area contributed by atoms with Gasteiger partial charge in [0.1, 0.15) is 0 Å². The predicted molar refractivity (Wildman–Crippen MR) is 91.7 cm³/mol. The molecule has 1 amide bonds. The lowest BCUT2D eigenvalue weighted by Crippen LogP contribution is -2.43. The Labute approximate surface area is 141 Å². The van der Waals surface area contributed by atoms with E-state index in [4.69, 9.17) is 0 Å². The molecule has 4 heteroatoms. The van der Waals surface area contributed by atoms with Crippen molar-refractivity contribution in [1.82, 2.24) is 4.90 Å². The number of hydrogen-bond acceptors (Lipinski definition) is 2. The molecular formula is C20H21NO3. The fraction of sp³-hybridized carbons (Fsp3) is 0.400. The SMILES string of the molecule is O=C(O)[C@H]1CCCN(C(=O)[C@H]2C[C@H]2c2ccc3ccccc3c2)C1. The Balaban J connectivity index is 1.46. The molecule has 1 saturated heterocycles. The van der Waals surface area contributed by atoms with Gasteiger partial charge in [-0.2, -0.15) is 0 Å². The third kappa shape index (κ3) is 2.77. The Morgan fingerprint density at radius 3 is 2.67 bits per heavy atom. The molecule has 1 N–H and O–H groups in total. The fourth-order valence-corrected chi connectivity index (χ4v) is 3.89. The highest BCUT2D eigenvalue weighted by Gasteiger charge is 2.46. The van der Waals surface area contributed by atoms with Crippen molar-refractivity contribution in [3.63, 3.8) is 0 Å². The molecule has 1 heterocycles. The van der Waals surface area contributed by atoms with E-state index in [2.05, 4.69) is 30.3 Å². The van der Waals surface area contributed by atoms with Gasteiger partial charge in [-0.3, -0.25) is 9.59 Å². The van der Waals surface area contributed by atoms with E-state index in [0.717, 1.165) is 12.8 Å². The molecule has 2 aromatic rings. The molecule has 4 nitrogen and oxygen atoms in total. The maximum atomic E-state index is 12.7. The summed E-state index contributed by atoms with van der Waals surface area (Å²) >= 11 is 0. The topological polar surface area (TPSA) is 57.6 Å². The first-order chi connectivity index (χ1) is 11.6. The van der Waals surface area contributed by atoms with Gasteiger partial charge in [0.15, 0.2) is 0 Å². The second kappa shape index (κ2) is 5.93. The molecule has 0 spiro atoms. The van der Waals surface area contributed by atoms with Crippen LogP contribution in [-0.4, -0.2) is 35.0 Å². The van der Waals surface area contributed by atoms with Crippen LogP contribution in [0.5, 0.6) is 0 Å². The molecule has 124 valence electrons. The van der Waals surface area contributed by atoms with E-state index in [0.29, 0.717) is 19.5 Å². The van der Waals surface area contributed by atoms with Crippen molar-refractivity contribution in [3.8, 4) is 0 Å². The van der Waals surface area contributed by atoms with Crippen LogP contribution in [0.25, 0.3) is 10.8 Å². The van der Waals surface area contributed by atoms with Gasteiger partial charge in [0, 0.05) is 19.0 Å². The first kappa shape index (κ1) is 15.2. The monoisotopic (exact) mass is 323 g/mol. The minimum Gasteiger partial charge on any atom is -0.481 e. The standard InChI is InChI=1S/C20H21NO3/c22-19(21-9-3-6-16(12-21)20(23)24)18-11-17(18)15-8-7-13-4-1-2-5-14(13)10-15/h1-2,4-5,7-8,10,16-18H,3,6,9,11-12H2,(H,23,24)/t16-,17-,18-/m0/s1. The normalized spacial score (nSPS) is 26.3. The lowest BCUT2D eigenvalue weighted by molar-refractivity contribution is -0.146. The average molecular weight is 323 g/mol. The average Bonchev–Trinajstić information content (AvgIpc) is 3.41. The Kier molecular flexibility index (Phi) is 3.75. The molecule has 24 heavy (non-hydrogen) atoms. The highest BCUT2D eigenvalue weighted by molar-refractivity contribution is 5.86. The van der Waals surface area contributed by atoms with Crippen LogP contribution in [0.3, 0.4) is 0 Å². The summed E-state index contributed by atoms with van der Waals surface area (Å²) in [6.45, 7) is 1.07. The Morgan fingerprint density at radius 1 is 1.08 bits per heavy atom. The molecule has 0 unspecified atom stereocenters. The van der Waals surface area contributed by atoms with Crippen molar-refractivity contribution in [2.45, 2.75) is 25.2 Å². The number of piperidine rings is 1. The van der Waals surface area contributed by atoms with Crippen molar-refractivity contribution in [2.24, 2.45) is 11.8 Å². The minimum absolute atomic E-state index is 0.0266. The summed E-state index contributed by atoms with van der Waals surface area (Å²) in [5.74, 6) is -0.736. The second-order valence-corrected chi connectivity index (χ2v) is 7.02. The molecular weight excluding hydrogens is 302 g/mol. The fourth-order valence-electron chi connectivity index (χ4n) is 3.89. The van der Waals surface area contributed by atoms with E-state index in [1.165, 1.54) is 16.3 Å². The van der Waals surface area contributed by atoms with Crippen LogP contribution in [0.2, 0.25) is 0 Å². The molecule has 3 atom stereocenters. The number of fused-ring (bicyclic) bond motifs is 1. The van der Waals surface area contributed by atoms with Gasteiger partial charge in [-0.25, -0.2) is 0 Å². The van der Waals surface area contributed by atoms with Gasteiger partial charge in [0.05, 0.1) is 5.92 Å². The zero-order chi connectivity index (χ0) is 16.7. The Morgan fingerprint density at radius 2 is 1.88 bits per heavy atom. The number of carboxylic acids is 1. The molecule has 1 aliphatic heterocycles. The van der Waals surface area contributed by atoms with Crippen LogP contribution < -0.4 is 0 Å². The number of carbonyl (C=O) groups excluding carboxylic acids is 1. The Bertz CT molecular complexity index is 800. The molecule has 2 aromatic carbocycles. The lowest BCUT2D eigenvalue weighted by atomic mass is 9.97. The van der Waals surface area contributed by atoms with Gasteiger partial charge >= 0.3 is 5.97 Å². The van der Waals surface area contributed by atoms with E-state index in [1.807, 2.05) is 12.1 Å². The van der Waals surface area contributed by atoms with Gasteiger partial charge in [-0.1, -0.05) is 42.5 Å². The molecule has 4 rings (SSSR count). The number of benzene rings is 2. The number of hydrogen-bond donors (Lipinski definition) is 1. The van der Waals surface area contributed by atoms with E-state index in [9.17, 15) is 14.7 Å². The van der Waals surface area contributed by atoms with Crippen LogP contribution in [0.1, 0.15) is 30.7 Å². The van der Waals surface area contributed by atoms with Gasteiger partial charge in [-0.15, -0.1) is 0 Å². The van der Waals surface area contributed by atoms with Crippen LogP contribution in [0.15, 0.2) is 42.5 Å². The first-order valence-corrected chi connectivity index (χ1v) is 8.64. The number of likely N-dealkylation sites (tertiary alicyclic amines) is 1. The molecule has 2 fully saturated rings. The number of nitrogens with zero attached hydrogens (tertiary/aromatic N) is 1. The lowest BCUT2D eigenvalue weighted by Gasteiger charge is -2.31. The number of rotatable bonds is 3. The van der Waals surface area contributed by atoms with Crippen LogP contribution >= 0.6 is 0 Å². The summed E-state index contributed by atoms with van der Waals surface area (Å²) in [6.07, 6.45) is 2.35. The molecule has 0 aromatic heterocycles. The summed E-state index contributed by atoms with van der Waals surface area (Å²) in [7, 11) is 0. The van der Waals surface area contributed by atoms with E-state index in [1.54, 1.807) is 4.90 Å². The summed E-state index contributed by atoms with van der Waals surface area (Å²) in [6, 6.07) is 14.7. The zero-order valence-corrected chi connectivity index (χ0v) is 13.5. The van der Waals surface area contributed by atoms with Crippen molar-refractivity contribution in [2.75, 3.05) is 13.1 Å². The highest BCUT2D eigenvalue weighted by Crippen LogP contribution is 2.49. The van der Waals surface area contributed by atoms with Crippen molar-refractivity contribution >= 4 is 22.6 Å². The Hall–Kier alpha value is -2.36. The van der Waals surface area contributed by atoms with E-state index < -0.39 is 11.9 Å². The van der Waals surface area contributed by atoms with Gasteiger partial charge in [0.2, 0.25) is 5.91 Å². The highest BCUT2D eigenvalue weighted by atomic mass is 16.4. The predicted octanol–water partition coefficient (Wildman–Crippen LogP) is 3.27. The van der Waals surface area contributed by atoms with Crippen molar-refractivity contribution in [1.29, 1.82) is 0 Å². The van der Waals surface area contributed by atoms with Crippen LogP contribution in [0.4, 0.5) is 0 Å². The number of amides is 1. The summed E-state index contributed by atoms with van der Waals surface area (Å²) < 4.78 is 0. The number of carboxylic acid groups (broad SMARTS) is 1. The quantitative estimate of drug-likeness (QED) is 0.943. The van der Waals surface area contributed by atoms with Crippen LogP contribution in [0, 0.1) is 11.8 Å². The molecule has 0 bridgehead atoms. The molecule has 1 aliphatic carbocycles. The smallest absolute Gasteiger partial charge is 0.308 e. The second-order valence-electron chi connectivity index (χ2n) is 7.02. The molecule has 0 radical (unpaired) electrons. The minimum atomic E-state index is -0.783. The maximum Gasteiger partial charge on any atom is 0.308 e. The van der Waals surface area contributed by atoms with Gasteiger partial charge in [0.25, 0.3) is 0 Å². The summed E-state index contributed by atoms with van der Waals surface area (Å²) in [5, 5.41) is 11.6. The van der Waals surface area contributed by atoms with E-state index in [-0.39, 0.29) is 17.7 Å². The molecule has 2 aliphatic rings. The maximum absolute atomic E-state index is 12.7. The zero-order valence-electron chi connectivity index (χ0n) is 13.5. The largest absolute Gasteiger partial charge is 0.481 e. The third-order valence-electron chi connectivity index (χ3n) is 5.39. The van der Waals surface area contributed by atoms with Crippen molar-refractivity contribution < 1.29 is 14.7 Å². The summed E-state index contributed by atoms with van der Waals surface area (Å²) in [4.78, 5) is 25.7. The third-order valence-corrected chi connectivity index (χ3v) is 5.39. The van der Waals surface area contributed by atoms with E-state index >= 15 is 0 Å². The van der Waals surface area contributed by atoms with Crippen LogP contribution in [-0.2, 0) is 9.59 Å². The van der Waals surface area contributed by atoms with Crippen molar-refractivity contribution in [3.05, 3.63) is 48.0 Å². The van der Waals surface area contributed by atoms with Gasteiger partial charge < -0.3 is 10.0 Å². The number of aliphatic carboxylic acids is 1. The molecule has 1 saturated carbocycles.